The fourth-order valence-corrected chi connectivity index (χ4v) is 4.97. The zero-order valence-electron chi connectivity index (χ0n) is 18.9. The highest BCUT2D eigenvalue weighted by Crippen LogP contribution is 2.32. The molecule has 1 atom stereocenters. The molecule has 2 fully saturated rings. The number of halogens is 1. The van der Waals surface area contributed by atoms with Crippen LogP contribution in [-0.2, 0) is 14.4 Å². The van der Waals surface area contributed by atoms with E-state index in [4.69, 9.17) is 12.2 Å². The zero-order valence-corrected chi connectivity index (χ0v) is 22.1. The Morgan fingerprint density at radius 1 is 1.00 bits per heavy atom. The Morgan fingerprint density at radius 3 is 2.32 bits per heavy atom. The van der Waals surface area contributed by atoms with Crippen molar-refractivity contribution in [1.29, 1.82) is 0 Å². The molecule has 0 spiro atoms. The highest BCUT2D eigenvalue weighted by Gasteiger charge is 2.39. The molecule has 4 rings (SSSR count). The van der Waals surface area contributed by atoms with E-state index < -0.39 is 23.6 Å². The number of nitrogens with one attached hydrogen (secondary N) is 2. The van der Waals surface area contributed by atoms with Crippen molar-refractivity contribution in [3.63, 3.8) is 0 Å². The van der Waals surface area contributed by atoms with Crippen LogP contribution in [0.5, 0.6) is 0 Å². The van der Waals surface area contributed by atoms with Crippen molar-refractivity contribution in [3.8, 4) is 0 Å². The topological polar surface area (TPSA) is 90.9 Å². The molecule has 0 saturated carbocycles. The third-order valence-corrected chi connectivity index (χ3v) is 8.04. The smallest absolute Gasteiger partial charge is 0.263 e. The Morgan fingerprint density at radius 2 is 1.68 bits per heavy atom. The predicted molar refractivity (Wildman–Crippen MR) is 142 cm³/mol. The summed E-state index contributed by atoms with van der Waals surface area (Å²) in [4.78, 5) is 44.5. The molecule has 2 aliphatic heterocycles. The molecule has 0 aromatic heterocycles. The lowest BCUT2D eigenvalue weighted by atomic mass is 10.0. The molecule has 3 amide bonds. The van der Waals surface area contributed by atoms with Gasteiger partial charge in [0.1, 0.15) is 5.92 Å². The monoisotopic (exact) mass is 556 g/mol. The first-order valence-electron chi connectivity index (χ1n) is 10.4. The summed E-state index contributed by atoms with van der Waals surface area (Å²) in [5, 5.41) is 5.67. The Kier molecular flexibility index (Phi) is 6.75. The second-order valence-electron chi connectivity index (χ2n) is 8.11. The van der Waals surface area contributed by atoms with E-state index in [2.05, 4.69) is 31.6 Å². The van der Waals surface area contributed by atoms with Gasteiger partial charge in [-0.25, -0.2) is 4.99 Å². The summed E-state index contributed by atoms with van der Waals surface area (Å²) >= 11 is 9.88. The van der Waals surface area contributed by atoms with Crippen LogP contribution >= 0.6 is 39.9 Å². The van der Waals surface area contributed by atoms with Crippen molar-refractivity contribution in [2.24, 2.45) is 10.9 Å². The van der Waals surface area contributed by atoms with E-state index in [1.54, 1.807) is 6.07 Å². The van der Waals surface area contributed by atoms with Crippen LogP contribution in [-0.4, -0.2) is 28.0 Å². The van der Waals surface area contributed by atoms with Crippen LogP contribution < -0.4 is 15.5 Å². The van der Waals surface area contributed by atoms with Gasteiger partial charge in [0, 0.05) is 4.47 Å². The molecule has 174 valence electrons. The molecule has 7 nitrogen and oxygen atoms in total. The number of thiocarbonyl (C=S) groups is 1. The summed E-state index contributed by atoms with van der Waals surface area (Å²) in [7, 11) is 0. The minimum Gasteiger partial charge on any atom is -0.301 e. The number of hydrogen-bond acceptors (Lipinski definition) is 6. The third-order valence-electron chi connectivity index (χ3n) is 5.57. The van der Waals surface area contributed by atoms with Gasteiger partial charge in [0.15, 0.2) is 10.3 Å². The van der Waals surface area contributed by atoms with Crippen LogP contribution in [0.4, 0.5) is 11.4 Å². The van der Waals surface area contributed by atoms with Crippen molar-refractivity contribution in [2.45, 2.75) is 27.7 Å². The minimum atomic E-state index is -1.20. The summed E-state index contributed by atoms with van der Waals surface area (Å²) in [6.07, 6.45) is 1.37. The van der Waals surface area contributed by atoms with Crippen LogP contribution in [0.1, 0.15) is 22.3 Å². The first-order valence-corrected chi connectivity index (χ1v) is 12.4. The quantitative estimate of drug-likeness (QED) is 0.330. The lowest BCUT2D eigenvalue weighted by molar-refractivity contribution is -0.131. The molecule has 2 aromatic carbocycles. The maximum absolute atomic E-state index is 13.3. The second-order valence-corrected chi connectivity index (χ2v) is 10.3. The van der Waals surface area contributed by atoms with Gasteiger partial charge < -0.3 is 10.6 Å². The van der Waals surface area contributed by atoms with Gasteiger partial charge in [-0.15, -0.1) is 0 Å². The predicted octanol–water partition coefficient (Wildman–Crippen LogP) is 4.48. The summed E-state index contributed by atoms with van der Waals surface area (Å²) in [5.41, 5.74) is 5.37. The Hall–Kier alpha value is -2.82. The van der Waals surface area contributed by atoms with Gasteiger partial charge in [-0.2, -0.15) is 0 Å². The van der Waals surface area contributed by atoms with Gasteiger partial charge in [0.2, 0.25) is 11.8 Å². The first kappa shape index (κ1) is 24.3. The highest BCUT2D eigenvalue weighted by molar-refractivity contribution is 9.10. The van der Waals surface area contributed by atoms with Gasteiger partial charge >= 0.3 is 0 Å². The lowest BCUT2D eigenvalue weighted by Gasteiger charge is -2.31. The summed E-state index contributed by atoms with van der Waals surface area (Å²) < 4.78 is 1.01. The van der Waals surface area contributed by atoms with Crippen molar-refractivity contribution < 1.29 is 14.4 Å². The Bertz CT molecular complexity index is 1310. The van der Waals surface area contributed by atoms with E-state index in [0.29, 0.717) is 16.5 Å². The molecule has 0 unspecified atom stereocenters. The van der Waals surface area contributed by atoms with Gasteiger partial charge in [-0.1, -0.05) is 22.0 Å². The molecule has 2 heterocycles. The zero-order chi connectivity index (χ0) is 24.7. The molecular weight excluding hydrogens is 536 g/mol. The molecule has 0 aliphatic carbocycles. The summed E-state index contributed by atoms with van der Waals surface area (Å²) in [6.45, 7) is 7.83. The number of nitrogens with zero attached hydrogens (tertiary/aromatic N) is 2. The van der Waals surface area contributed by atoms with E-state index in [0.717, 1.165) is 38.5 Å². The number of anilines is 1. The fraction of sp³-hybridized carbons (Fsp3) is 0.208. The fourth-order valence-electron chi connectivity index (χ4n) is 3.60. The molecule has 2 saturated heterocycles. The second kappa shape index (κ2) is 9.44. The van der Waals surface area contributed by atoms with Crippen LogP contribution in [0, 0.1) is 33.6 Å². The number of aliphatic imine (C=N–C) groups is 1. The molecule has 2 N–H and O–H groups in total. The summed E-state index contributed by atoms with van der Waals surface area (Å²) in [5.74, 6) is -2.69. The number of thioether (sulfide) groups is 1. The number of aryl methyl sites for hydroxylation is 4. The number of amides is 3. The van der Waals surface area contributed by atoms with Gasteiger partial charge in [-0.3, -0.25) is 19.3 Å². The average molecular weight is 557 g/mol. The molecule has 0 bridgehead atoms. The molecule has 10 heteroatoms. The third kappa shape index (κ3) is 4.70. The van der Waals surface area contributed by atoms with Gasteiger partial charge in [0.25, 0.3) is 5.91 Å². The van der Waals surface area contributed by atoms with Gasteiger partial charge in [-0.05, 0) is 104 Å². The van der Waals surface area contributed by atoms with E-state index in [1.807, 2.05) is 52.0 Å². The molecule has 0 radical (unpaired) electrons. The van der Waals surface area contributed by atoms with Gasteiger partial charge in [0.05, 0.1) is 16.3 Å². The number of carbonyl (C=O) groups is 3. The standard InChI is InChI=1S/C24H21BrN4O3S2/c1-11-5-6-16(9-12(11)2)29-22(32)17(20(30)28-24(29)33)10-18-21(31)27-23(34-18)26-15-7-13(3)19(25)14(4)8-15/h5-10,17H,1-4H3,(H,26,27,31)(H,28,30,33)/b18-10+/t17-/m1/s1. The van der Waals surface area contributed by atoms with Crippen LogP contribution in [0.2, 0.25) is 0 Å². The van der Waals surface area contributed by atoms with E-state index in [1.165, 1.54) is 11.0 Å². The van der Waals surface area contributed by atoms with Crippen LogP contribution in [0.3, 0.4) is 0 Å². The minimum absolute atomic E-state index is 0.0136. The number of carbonyl (C=O) groups excluding carboxylic acids is 3. The molecule has 2 aliphatic rings. The van der Waals surface area contributed by atoms with E-state index >= 15 is 0 Å². The normalized spacial score (nSPS) is 20.9. The number of benzene rings is 2. The average Bonchev–Trinajstić information content (AvgIpc) is 3.10. The van der Waals surface area contributed by atoms with Crippen molar-refractivity contribution in [3.05, 3.63) is 68.0 Å². The highest BCUT2D eigenvalue weighted by atomic mass is 79.9. The number of hydrogen-bond donors (Lipinski definition) is 2. The molecular formula is C24H21BrN4O3S2. The lowest BCUT2D eigenvalue weighted by Crippen LogP contribution is -2.57. The van der Waals surface area contributed by atoms with Crippen LogP contribution in [0.15, 0.2) is 50.8 Å². The van der Waals surface area contributed by atoms with E-state index in [-0.39, 0.29) is 10.0 Å². The summed E-state index contributed by atoms with van der Waals surface area (Å²) in [6, 6.07) is 9.31. The maximum atomic E-state index is 13.3. The molecule has 2 aromatic rings. The van der Waals surface area contributed by atoms with Crippen LogP contribution in [0.25, 0.3) is 0 Å². The van der Waals surface area contributed by atoms with Crippen molar-refractivity contribution in [2.75, 3.05) is 4.90 Å². The molecule has 34 heavy (non-hydrogen) atoms. The van der Waals surface area contributed by atoms with E-state index in [9.17, 15) is 14.4 Å². The maximum Gasteiger partial charge on any atom is 0.263 e. The largest absolute Gasteiger partial charge is 0.301 e. The van der Waals surface area contributed by atoms with Crippen molar-refractivity contribution >= 4 is 79.3 Å². The SMILES string of the molecule is Cc1ccc(N2C(=O)[C@H](/C=C3/SC(=Nc4cc(C)c(Br)c(C)c4)NC3=O)C(=O)NC2=S)cc1C. The Balaban J connectivity index is 1.61. The number of amidine groups is 1. The van der Waals surface area contributed by atoms with Crippen molar-refractivity contribution in [1.82, 2.24) is 10.6 Å². The first-order chi connectivity index (χ1) is 16.0. The number of rotatable bonds is 3. The Labute approximate surface area is 215 Å².